The Bertz CT molecular complexity index is 668. The predicted molar refractivity (Wildman–Crippen MR) is 79.4 cm³/mol. The molecule has 4 nitrogen and oxygen atoms in total. The van der Waals surface area contributed by atoms with Crippen LogP contribution in [0, 0.1) is 0 Å². The first kappa shape index (κ1) is 13.5. The Morgan fingerprint density at radius 1 is 1.26 bits per heavy atom. The van der Waals surface area contributed by atoms with Crippen molar-refractivity contribution in [3.8, 4) is 0 Å². The van der Waals surface area contributed by atoms with Gasteiger partial charge in [0.2, 0.25) is 0 Å². The SMILES string of the molecule is NC1=[N+](c2c(Cl)cccc2Cl)C2CS(=O)(=O)CC2S1. The van der Waals surface area contributed by atoms with Crippen molar-refractivity contribution in [2.75, 3.05) is 11.5 Å². The zero-order valence-electron chi connectivity index (χ0n) is 9.71. The maximum atomic E-state index is 11.7. The van der Waals surface area contributed by atoms with E-state index in [4.69, 9.17) is 28.9 Å². The number of hydrogen-bond donors (Lipinski definition) is 1. The van der Waals surface area contributed by atoms with Crippen LogP contribution in [-0.2, 0) is 9.84 Å². The lowest BCUT2D eigenvalue weighted by Crippen LogP contribution is -2.29. The van der Waals surface area contributed by atoms with E-state index in [0.717, 1.165) is 0 Å². The molecule has 0 aromatic heterocycles. The standard InChI is InChI=1S/C11H10Cl2N2O2S2/c12-6-2-1-3-7(13)10(6)15-8-4-19(16,17)5-9(8)18-11(15)14/h1-3,8-9,14H,4-5H2/p+1. The molecule has 1 fully saturated rings. The number of rotatable bonds is 1. The highest BCUT2D eigenvalue weighted by Crippen LogP contribution is 2.41. The maximum Gasteiger partial charge on any atom is 0.310 e. The van der Waals surface area contributed by atoms with E-state index in [0.29, 0.717) is 20.9 Å². The molecule has 0 aliphatic carbocycles. The number of nitrogens with zero attached hydrogens (tertiary/aromatic N) is 1. The molecule has 1 aromatic rings. The van der Waals surface area contributed by atoms with Gasteiger partial charge in [-0.1, -0.05) is 29.3 Å². The number of hydrogen-bond acceptors (Lipinski definition) is 4. The summed E-state index contributed by atoms with van der Waals surface area (Å²) in [5.41, 5.74) is 6.62. The highest BCUT2D eigenvalue weighted by Gasteiger charge is 2.50. The molecule has 2 atom stereocenters. The third-order valence-electron chi connectivity index (χ3n) is 3.29. The summed E-state index contributed by atoms with van der Waals surface area (Å²) in [6, 6.07) is 5.00. The molecule has 2 aliphatic rings. The Labute approximate surface area is 125 Å². The fourth-order valence-electron chi connectivity index (χ4n) is 2.52. The highest BCUT2D eigenvalue weighted by atomic mass is 35.5. The molecule has 3 rings (SSSR count). The monoisotopic (exact) mass is 337 g/mol. The molecule has 19 heavy (non-hydrogen) atoms. The van der Waals surface area contributed by atoms with Crippen molar-refractivity contribution in [1.29, 1.82) is 0 Å². The summed E-state index contributed by atoms with van der Waals surface area (Å²) in [6.45, 7) is 0. The Kier molecular flexibility index (Phi) is 3.24. The lowest BCUT2D eigenvalue weighted by atomic mass is 10.2. The highest BCUT2D eigenvalue weighted by molar-refractivity contribution is 8.15. The van der Waals surface area contributed by atoms with Crippen molar-refractivity contribution in [2.45, 2.75) is 11.3 Å². The summed E-state index contributed by atoms with van der Waals surface area (Å²) in [6.07, 6.45) is 0. The van der Waals surface area contributed by atoms with Crippen molar-refractivity contribution in [3.63, 3.8) is 0 Å². The smallest absolute Gasteiger partial charge is 0.281 e. The van der Waals surface area contributed by atoms with E-state index in [1.807, 2.05) is 0 Å². The Balaban J connectivity index is 2.12. The molecule has 0 radical (unpaired) electrons. The van der Waals surface area contributed by atoms with Crippen molar-refractivity contribution in [2.24, 2.45) is 5.73 Å². The second kappa shape index (κ2) is 4.55. The van der Waals surface area contributed by atoms with Gasteiger partial charge in [0.05, 0.1) is 26.8 Å². The molecule has 0 bridgehead atoms. The van der Waals surface area contributed by atoms with Crippen molar-refractivity contribution in [3.05, 3.63) is 28.2 Å². The molecule has 2 N–H and O–H groups in total. The quantitative estimate of drug-likeness (QED) is 0.794. The van der Waals surface area contributed by atoms with E-state index >= 15 is 0 Å². The van der Waals surface area contributed by atoms with E-state index < -0.39 is 9.84 Å². The van der Waals surface area contributed by atoms with Crippen LogP contribution in [0.15, 0.2) is 18.2 Å². The normalized spacial score (nSPS) is 28.7. The van der Waals surface area contributed by atoms with Crippen LogP contribution in [-0.4, -0.2) is 41.0 Å². The summed E-state index contributed by atoms with van der Waals surface area (Å²) >= 11 is 13.7. The minimum atomic E-state index is -3.01. The third-order valence-corrected chi connectivity index (χ3v) is 7.05. The molecule has 0 saturated carbocycles. The van der Waals surface area contributed by atoms with Gasteiger partial charge in [0.15, 0.2) is 15.5 Å². The summed E-state index contributed by atoms with van der Waals surface area (Å²) in [4.78, 5) is 0. The van der Waals surface area contributed by atoms with Gasteiger partial charge in [-0.2, -0.15) is 0 Å². The molecular weight excluding hydrogens is 327 g/mol. The van der Waals surface area contributed by atoms with Crippen LogP contribution in [0.1, 0.15) is 0 Å². The summed E-state index contributed by atoms with van der Waals surface area (Å²) in [5.74, 6) is 0.245. The maximum absolute atomic E-state index is 11.7. The van der Waals surface area contributed by atoms with Crippen molar-refractivity contribution < 1.29 is 13.0 Å². The minimum Gasteiger partial charge on any atom is -0.281 e. The summed E-state index contributed by atoms with van der Waals surface area (Å²) in [5, 5.41) is 1.46. The number of nitrogens with two attached hydrogens (primary N) is 1. The molecule has 0 spiro atoms. The zero-order chi connectivity index (χ0) is 13.8. The van der Waals surface area contributed by atoms with Crippen molar-refractivity contribution in [1.82, 2.24) is 0 Å². The van der Waals surface area contributed by atoms with Crippen molar-refractivity contribution >= 4 is 55.7 Å². The van der Waals surface area contributed by atoms with E-state index in [2.05, 4.69) is 0 Å². The van der Waals surface area contributed by atoms with E-state index in [9.17, 15) is 8.42 Å². The predicted octanol–water partition coefficient (Wildman–Crippen LogP) is 1.86. The van der Waals surface area contributed by atoms with Gasteiger partial charge >= 0.3 is 5.17 Å². The summed E-state index contributed by atoms with van der Waals surface area (Å²) in [7, 11) is -3.01. The summed E-state index contributed by atoms with van der Waals surface area (Å²) < 4.78 is 25.3. The number of fused-ring (bicyclic) bond motifs is 1. The van der Waals surface area contributed by atoms with Gasteiger partial charge in [0.25, 0.3) is 0 Å². The Morgan fingerprint density at radius 2 is 1.89 bits per heavy atom. The van der Waals surface area contributed by atoms with Gasteiger partial charge in [-0.05, 0) is 23.9 Å². The minimum absolute atomic E-state index is 0.0441. The van der Waals surface area contributed by atoms with Crippen LogP contribution < -0.4 is 5.73 Å². The van der Waals surface area contributed by atoms with Crippen LogP contribution >= 0.6 is 35.0 Å². The van der Waals surface area contributed by atoms with Gasteiger partial charge in [-0.3, -0.25) is 5.73 Å². The molecule has 2 heterocycles. The van der Waals surface area contributed by atoms with E-state index in [-0.39, 0.29) is 22.8 Å². The number of benzene rings is 1. The van der Waals surface area contributed by atoms with Gasteiger partial charge < -0.3 is 0 Å². The third kappa shape index (κ3) is 2.24. The molecule has 8 heteroatoms. The van der Waals surface area contributed by atoms with Gasteiger partial charge in [0.1, 0.15) is 6.04 Å². The van der Waals surface area contributed by atoms with Crippen LogP contribution in [0.25, 0.3) is 0 Å². The lowest BCUT2D eigenvalue weighted by molar-refractivity contribution is -0.470. The van der Waals surface area contributed by atoms with E-state index in [1.54, 1.807) is 22.8 Å². The number of sulfone groups is 1. The second-order valence-electron chi connectivity index (χ2n) is 4.58. The molecule has 2 aliphatic heterocycles. The number of halogens is 2. The van der Waals surface area contributed by atoms with Crippen LogP contribution in [0.3, 0.4) is 0 Å². The topological polar surface area (TPSA) is 63.2 Å². The van der Waals surface area contributed by atoms with Gasteiger partial charge in [-0.15, -0.1) is 0 Å². The molecule has 102 valence electrons. The average molecular weight is 338 g/mol. The largest absolute Gasteiger partial charge is 0.310 e. The van der Waals surface area contributed by atoms with Crippen LogP contribution in [0.4, 0.5) is 5.69 Å². The molecular formula is C11H11Cl2N2O2S2+. The first-order valence-corrected chi connectivity index (χ1v) is 9.07. The molecule has 1 saturated heterocycles. The number of thioether (sulfide) groups is 1. The van der Waals surface area contributed by atoms with Gasteiger partial charge in [0, 0.05) is 0 Å². The lowest BCUT2D eigenvalue weighted by Gasteiger charge is -2.13. The molecule has 2 unspecified atom stereocenters. The zero-order valence-corrected chi connectivity index (χ0v) is 12.9. The van der Waals surface area contributed by atoms with Gasteiger partial charge in [-0.25, -0.2) is 13.0 Å². The average Bonchev–Trinajstić information content (AvgIpc) is 2.71. The molecule has 0 amide bonds. The van der Waals surface area contributed by atoms with E-state index in [1.165, 1.54) is 11.8 Å². The number of amidine groups is 1. The van der Waals surface area contributed by atoms with Crippen LogP contribution in [0.5, 0.6) is 0 Å². The Hall–Kier alpha value is -0.430. The fraction of sp³-hybridized carbons (Fsp3) is 0.364. The Morgan fingerprint density at radius 3 is 2.53 bits per heavy atom. The van der Waals surface area contributed by atoms with Crippen LogP contribution in [0.2, 0.25) is 10.0 Å². The first-order chi connectivity index (χ1) is 8.89. The second-order valence-corrected chi connectivity index (χ2v) is 8.81. The number of para-hydroxylation sites is 1. The fourth-order valence-corrected chi connectivity index (χ4v) is 6.90. The molecule has 1 aromatic carbocycles. The first-order valence-electron chi connectivity index (χ1n) is 5.62.